The standard InChI is InChI=1S/C20H24N2.C4H10N2O/c1-4-5-10-22-17-9-7-15-11-14-6-8-16(21)12-18(14)20(2,3)19(15)13-17;5-2-1-3-6-4-7/h6-9,11-13H,4-5,10,21H2,1-3H3;4H,1-3,5H2,(H,6,7). The zero-order valence-corrected chi connectivity index (χ0v) is 17.9. The van der Waals surface area contributed by atoms with Gasteiger partial charge < -0.3 is 16.8 Å². The van der Waals surface area contributed by atoms with E-state index in [4.69, 9.17) is 16.5 Å². The van der Waals surface area contributed by atoms with E-state index in [1.54, 1.807) is 0 Å². The van der Waals surface area contributed by atoms with Gasteiger partial charge in [-0.25, -0.2) is 0 Å². The van der Waals surface area contributed by atoms with Gasteiger partial charge in [-0.05, 0) is 72.0 Å². The van der Waals surface area contributed by atoms with Gasteiger partial charge in [0.1, 0.15) is 0 Å². The molecular weight excluding hydrogens is 360 g/mol. The molecular formula is C24H34N4O. The monoisotopic (exact) mass is 394 g/mol. The third-order valence-corrected chi connectivity index (χ3v) is 5.19. The Morgan fingerprint density at radius 3 is 2.66 bits per heavy atom. The summed E-state index contributed by atoms with van der Waals surface area (Å²) in [6.45, 7) is 8.98. The first kappa shape index (κ1) is 22.6. The Bertz CT molecular complexity index is 831. The van der Waals surface area contributed by atoms with Crippen molar-refractivity contribution in [2.75, 3.05) is 25.4 Å². The molecule has 2 aliphatic carbocycles. The van der Waals surface area contributed by atoms with E-state index < -0.39 is 0 Å². The zero-order valence-electron chi connectivity index (χ0n) is 17.9. The molecule has 0 heterocycles. The van der Waals surface area contributed by atoms with Gasteiger partial charge in [0.05, 0.1) is 5.71 Å². The van der Waals surface area contributed by atoms with E-state index >= 15 is 0 Å². The highest BCUT2D eigenvalue weighted by atomic mass is 16.1. The molecule has 156 valence electrons. The van der Waals surface area contributed by atoms with Gasteiger partial charge in [0, 0.05) is 24.2 Å². The van der Waals surface area contributed by atoms with Gasteiger partial charge in [0.25, 0.3) is 0 Å². The maximum absolute atomic E-state index is 9.53. The van der Waals surface area contributed by atoms with Crippen LogP contribution in [0, 0.1) is 0 Å². The Morgan fingerprint density at radius 1 is 1.17 bits per heavy atom. The van der Waals surface area contributed by atoms with Crippen LogP contribution in [-0.2, 0) is 10.2 Å². The number of hydrogen-bond donors (Lipinski definition) is 3. The number of nitrogens with zero attached hydrogens (tertiary/aromatic N) is 1. The normalized spacial score (nSPS) is 17.3. The van der Waals surface area contributed by atoms with E-state index in [2.05, 4.69) is 62.5 Å². The number of aliphatic imine (C=N–C) groups is 1. The Morgan fingerprint density at radius 2 is 1.97 bits per heavy atom. The van der Waals surface area contributed by atoms with Crippen LogP contribution in [0.4, 0.5) is 5.69 Å². The number of nitrogens with one attached hydrogen (secondary N) is 1. The second kappa shape index (κ2) is 10.8. The summed E-state index contributed by atoms with van der Waals surface area (Å²) in [7, 11) is 0. The predicted molar refractivity (Wildman–Crippen MR) is 124 cm³/mol. The summed E-state index contributed by atoms with van der Waals surface area (Å²) >= 11 is 0. The lowest BCUT2D eigenvalue weighted by atomic mass is 9.67. The Kier molecular flexibility index (Phi) is 8.40. The molecule has 0 unspecified atom stereocenters. The molecule has 1 aromatic rings. The summed E-state index contributed by atoms with van der Waals surface area (Å²) in [5.74, 6) is 0. The van der Waals surface area contributed by atoms with Gasteiger partial charge in [-0.1, -0.05) is 39.3 Å². The Labute approximate surface area is 174 Å². The number of amides is 1. The minimum absolute atomic E-state index is 0.0505. The molecule has 1 amide bonds. The zero-order chi connectivity index (χ0) is 21.3. The Hall–Kier alpha value is -2.66. The first-order valence-corrected chi connectivity index (χ1v) is 10.4. The molecule has 3 rings (SSSR count). The van der Waals surface area contributed by atoms with E-state index in [1.807, 2.05) is 6.07 Å². The minimum atomic E-state index is -0.0505. The van der Waals surface area contributed by atoms with Crippen molar-refractivity contribution in [3.8, 4) is 0 Å². The SMILES string of the molecule is CCCCN=C1C=CC2=Cc3ccc(N)cc3C(C)(C)C2=C1.NCCCNC=O. The first-order chi connectivity index (χ1) is 13.9. The van der Waals surface area contributed by atoms with Crippen LogP contribution in [0.5, 0.6) is 0 Å². The number of rotatable bonds is 7. The molecule has 2 aliphatic rings. The van der Waals surface area contributed by atoms with Gasteiger partial charge >= 0.3 is 0 Å². The summed E-state index contributed by atoms with van der Waals surface area (Å²) in [5, 5.41) is 2.49. The molecule has 0 bridgehead atoms. The fourth-order valence-corrected chi connectivity index (χ4v) is 3.49. The summed E-state index contributed by atoms with van der Waals surface area (Å²) in [6, 6.07) is 6.20. The lowest BCUT2D eigenvalue weighted by molar-refractivity contribution is -0.109. The fraction of sp³-hybridized carbons (Fsp3) is 0.417. The highest BCUT2D eigenvalue weighted by Crippen LogP contribution is 2.44. The van der Waals surface area contributed by atoms with Crippen molar-refractivity contribution in [1.29, 1.82) is 0 Å². The minimum Gasteiger partial charge on any atom is -0.399 e. The second-order valence-corrected chi connectivity index (χ2v) is 7.84. The number of fused-ring (bicyclic) bond motifs is 2. The number of nitrogen functional groups attached to an aromatic ring is 1. The van der Waals surface area contributed by atoms with Crippen molar-refractivity contribution in [3.63, 3.8) is 0 Å². The number of hydrogen-bond acceptors (Lipinski definition) is 4. The quantitative estimate of drug-likeness (QED) is 0.373. The molecule has 0 saturated carbocycles. The maximum atomic E-state index is 9.53. The van der Waals surface area contributed by atoms with Crippen LogP contribution in [0.25, 0.3) is 6.08 Å². The fourth-order valence-electron chi connectivity index (χ4n) is 3.49. The van der Waals surface area contributed by atoms with E-state index in [0.717, 1.165) is 30.8 Å². The van der Waals surface area contributed by atoms with Gasteiger partial charge in [0.15, 0.2) is 0 Å². The first-order valence-electron chi connectivity index (χ1n) is 10.4. The second-order valence-electron chi connectivity index (χ2n) is 7.84. The summed E-state index contributed by atoms with van der Waals surface area (Å²) in [4.78, 5) is 14.2. The van der Waals surface area contributed by atoms with E-state index in [0.29, 0.717) is 19.5 Å². The Balaban J connectivity index is 0.000000370. The van der Waals surface area contributed by atoms with Gasteiger partial charge in [-0.15, -0.1) is 0 Å². The lowest BCUT2D eigenvalue weighted by Gasteiger charge is -2.36. The van der Waals surface area contributed by atoms with Crippen molar-refractivity contribution in [3.05, 3.63) is 58.7 Å². The number of carbonyl (C=O) groups is 1. The summed E-state index contributed by atoms with van der Waals surface area (Å²) < 4.78 is 0. The maximum Gasteiger partial charge on any atom is 0.207 e. The van der Waals surface area contributed by atoms with Crippen molar-refractivity contribution in [2.45, 2.75) is 45.4 Å². The molecule has 5 N–H and O–H groups in total. The van der Waals surface area contributed by atoms with Crippen molar-refractivity contribution >= 4 is 23.9 Å². The highest BCUT2D eigenvalue weighted by molar-refractivity contribution is 6.08. The van der Waals surface area contributed by atoms with E-state index in [1.165, 1.54) is 28.7 Å². The van der Waals surface area contributed by atoms with Crippen LogP contribution < -0.4 is 16.8 Å². The molecule has 0 fully saturated rings. The van der Waals surface area contributed by atoms with Crippen LogP contribution in [-0.4, -0.2) is 31.8 Å². The molecule has 0 spiro atoms. The molecule has 1 aromatic carbocycles. The predicted octanol–water partition coefficient (Wildman–Crippen LogP) is 3.76. The van der Waals surface area contributed by atoms with Crippen molar-refractivity contribution in [2.24, 2.45) is 10.7 Å². The molecule has 0 aromatic heterocycles. The van der Waals surface area contributed by atoms with Crippen LogP contribution in [0.15, 0.2) is 52.6 Å². The average molecular weight is 395 g/mol. The number of benzene rings is 1. The highest BCUT2D eigenvalue weighted by Gasteiger charge is 2.33. The molecule has 0 aliphatic heterocycles. The van der Waals surface area contributed by atoms with Crippen molar-refractivity contribution < 1.29 is 4.79 Å². The van der Waals surface area contributed by atoms with Crippen LogP contribution in [0.3, 0.4) is 0 Å². The molecule has 5 heteroatoms. The van der Waals surface area contributed by atoms with Gasteiger partial charge in [-0.3, -0.25) is 9.79 Å². The average Bonchev–Trinajstić information content (AvgIpc) is 2.70. The van der Waals surface area contributed by atoms with Gasteiger partial charge in [0.2, 0.25) is 6.41 Å². The van der Waals surface area contributed by atoms with Crippen LogP contribution >= 0.6 is 0 Å². The number of anilines is 1. The number of allylic oxidation sites excluding steroid dienone is 5. The van der Waals surface area contributed by atoms with Crippen molar-refractivity contribution in [1.82, 2.24) is 5.32 Å². The molecule has 0 radical (unpaired) electrons. The smallest absolute Gasteiger partial charge is 0.207 e. The van der Waals surface area contributed by atoms with Crippen LogP contribution in [0.2, 0.25) is 0 Å². The van der Waals surface area contributed by atoms with E-state index in [9.17, 15) is 4.79 Å². The molecule has 0 atom stereocenters. The molecule has 29 heavy (non-hydrogen) atoms. The number of unbranched alkanes of at least 4 members (excludes halogenated alkanes) is 1. The molecule has 5 nitrogen and oxygen atoms in total. The largest absolute Gasteiger partial charge is 0.399 e. The van der Waals surface area contributed by atoms with Gasteiger partial charge in [-0.2, -0.15) is 0 Å². The number of nitrogens with two attached hydrogens (primary N) is 2. The van der Waals surface area contributed by atoms with Crippen LogP contribution in [0.1, 0.15) is 51.2 Å². The topological polar surface area (TPSA) is 93.5 Å². The third kappa shape index (κ3) is 5.91. The molecule has 0 saturated heterocycles. The summed E-state index contributed by atoms with van der Waals surface area (Å²) in [5.41, 5.74) is 18.2. The summed E-state index contributed by atoms with van der Waals surface area (Å²) in [6.07, 6.45) is 12.7. The van der Waals surface area contributed by atoms with E-state index in [-0.39, 0.29) is 5.41 Å². The number of carbonyl (C=O) groups excluding carboxylic acids is 1. The lowest BCUT2D eigenvalue weighted by Crippen LogP contribution is -2.27. The third-order valence-electron chi connectivity index (χ3n) is 5.19.